The van der Waals surface area contributed by atoms with E-state index in [1.54, 1.807) is 28.8 Å². The van der Waals surface area contributed by atoms with Crippen LogP contribution in [0.25, 0.3) is 33.4 Å². The number of carbonyl (C=O) groups is 3. The first-order valence-electron chi connectivity index (χ1n) is 59.1. The molecule has 0 unspecified atom stereocenters. The van der Waals surface area contributed by atoms with Gasteiger partial charge in [-0.15, -0.1) is 0 Å². The van der Waals surface area contributed by atoms with Gasteiger partial charge in [0, 0.05) is 129 Å². The van der Waals surface area contributed by atoms with Crippen LogP contribution >= 0.6 is 35.3 Å². The molecule has 762 valence electrons. The van der Waals surface area contributed by atoms with Crippen LogP contribution in [0, 0.1) is 38.2 Å². The first-order chi connectivity index (χ1) is 79.0. The smallest absolute Gasteiger partial charge is 0.336 e. The third-order valence-corrected chi connectivity index (χ3v) is 26.9. The lowest BCUT2D eigenvalue weighted by molar-refractivity contribution is -0.138. The van der Waals surface area contributed by atoms with Crippen molar-refractivity contribution in [2.24, 2.45) is 0 Å². The number of amides is 3. The van der Waals surface area contributed by atoms with Crippen LogP contribution in [0.5, 0.6) is 0 Å². The fourth-order valence-electron chi connectivity index (χ4n) is 16.2. The molecule has 33 heteroatoms. The van der Waals surface area contributed by atoms with E-state index in [-0.39, 0.29) is 119 Å². The molecule has 15 rings (SSSR count). The first-order valence-corrected chi connectivity index (χ1v) is 48.5. The summed E-state index contributed by atoms with van der Waals surface area (Å²) in [6.45, 7) is -19.8. The SMILES string of the molecule is [2H]c1c([2H])c(-c2ccc(C(F)(F)F)cc2)c(C)c([2H])c1CN(C(=O)Cn1c(SCc2ccc(F)cc2)nc(=O)c2c1CCC2)C([2H])([2H])C([2H])([2H])N(C([2H])([2H])C)C([2H])([2H])C.[2H]c1c([2H])c(-c2ccc(C(F)(F)F)cc2)c(C)c([2H])c1CN(CCN(C([2H])([2H])C)C([2H])([2H])C)C(=O)Cn1c(SCc2ccc(F)cc2)nc(=O)c2c1CCC2.[2H]c1c([2H])c(C([2H])([2H])N(CCN(C([2H])([2H])C)C([2H])([2H])C)C(=O)Cn2c(SCc3ccc(F)cc3)nc(=O)c3c2CCC3)c([2H])c(C)c1-c1ccc(C(F)(F)F)cc1. The van der Waals surface area contributed by atoms with Crippen LogP contribution in [0.2, 0.25) is 0 Å². The maximum atomic E-state index is 14.7. The third-order valence-electron chi connectivity index (χ3n) is 23.8. The number of aromatic nitrogens is 6. The predicted octanol–water partition coefficient (Wildman–Crippen LogP) is 22.6. The Labute approximate surface area is 882 Å². The zero-order valence-corrected chi connectivity index (χ0v) is 82.2. The summed E-state index contributed by atoms with van der Waals surface area (Å²) in [7, 11) is 0. The second-order valence-electron chi connectivity index (χ2n) is 33.3. The number of halogens is 12. The molecule has 0 bridgehead atoms. The molecule has 0 saturated carbocycles. The highest BCUT2D eigenvalue weighted by Gasteiger charge is 2.35. The molecule has 9 aromatic carbocycles. The largest absolute Gasteiger partial charge is 0.416 e. The summed E-state index contributed by atoms with van der Waals surface area (Å²) in [6.07, 6.45) is -9.81. The summed E-state index contributed by atoms with van der Waals surface area (Å²) in [5, 5.41) is 0.371. The van der Waals surface area contributed by atoms with Gasteiger partial charge in [0.2, 0.25) is 17.7 Å². The van der Waals surface area contributed by atoms with E-state index in [1.165, 1.54) is 121 Å². The van der Waals surface area contributed by atoms with Gasteiger partial charge in [0.1, 0.15) is 37.1 Å². The van der Waals surface area contributed by atoms with Gasteiger partial charge in [-0.2, -0.15) is 54.5 Å². The second kappa shape index (κ2) is 50.3. The van der Waals surface area contributed by atoms with Gasteiger partial charge in [-0.05, 0) is 274 Å². The van der Waals surface area contributed by atoms with Crippen molar-refractivity contribution < 1.29 is 104 Å². The fraction of sp³-hybridized carbons (Fsp3) is 0.378. The van der Waals surface area contributed by atoms with E-state index in [9.17, 15) is 86.9 Å². The Morgan fingerprint density at radius 3 is 0.951 bits per heavy atom. The van der Waals surface area contributed by atoms with Crippen LogP contribution in [0.3, 0.4) is 0 Å². The number of alkyl halides is 9. The molecule has 3 aliphatic rings. The summed E-state index contributed by atoms with van der Waals surface area (Å²) in [6, 6.07) is 23.5. The van der Waals surface area contributed by atoms with E-state index in [0.29, 0.717) is 118 Å². The van der Waals surface area contributed by atoms with Crippen molar-refractivity contribution in [2.45, 2.75) is 211 Å². The number of rotatable bonds is 39. The van der Waals surface area contributed by atoms with E-state index in [2.05, 4.69) is 15.0 Å². The quantitative estimate of drug-likeness (QED) is 0.0202. The fourth-order valence-corrected chi connectivity index (χ4v) is 19.1. The van der Waals surface area contributed by atoms with Crippen LogP contribution < -0.4 is 16.7 Å². The van der Waals surface area contributed by atoms with Crippen LogP contribution in [0.4, 0.5) is 52.7 Å². The molecule has 0 fully saturated rings. The number of thioether (sulfide) groups is 3. The summed E-state index contributed by atoms with van der Waals surface area (Å²) in [5.74, 6) is -3.43. The molecule has 0 spiro atoms. The lowest BCUT2D eigenvalue weighted by Gasteiger charge is -2.28. The average molecular weight is 2070 g/mol. The number of benzene rings is 9. The van der Waals surface area contributed by atoms with E-state index in [1.807, 2.05) is 0 Å². The lowest BCUT2D eigenvalue weighted by atomic mass is 9.97. The summed E-state index contributed by atoms with van der Waals surface area (Å²) in [4.78, 5) is 99.6. The molecule has 0 radical (unpaired) electrons. The van der Waals surface area contributed by atoms with Gasteiger partial charge in [0.15, 0.2) is 15.5 Å². The molecule has 3 aliphatic carbocycles. The molecule has 0 saturated heterocycles. The molecule has 18 nitrogen and oxygen atoms in total. The van der Waals surface area contributed by atoms with E-state index >= 15 is 0 Å². The number of hydrogen-bond donors (Lipinski definition) is 0. The number of fused-ring (bicyclic) bond motifs is 3. The van der Waals surface area contributed by atoms with E-state index in [4.69, 9.17) is 31.5 Å². The molecule has 144 heavy (non-hydrogen) atoms. The topological polar surface area (TPSA) is 175 Å². The predicted molar refractivity (Wildman–Crippen MR) is 544 cm³/mol. The minimum absolute atomic E-state index is 0.0146. The Morgan fingerprint density at radius 2 is 0.639 bits per heavy atom. The van der Waals surface area contributed by atoms with Gasteiger partial charge < -0.3 is 43.1 Å². The van der Waals surface area contributed by atoms with Crippen molar-refractivity contribution >= 4 is 53.0 Å². The minimum atomic E-state index is -4.67. The van der Waals surface area contributed by atoms with Gasteiger partial charge in [0.25, 0.3) is 16.7 Å². The molecular weight excluding hydrogens is 1920 g/mol. The van der Waals surface area contributed by atoms with Gasteiger partial charge in [0.05, 0.1) is 34.5 Å². The Morgan fingerprint density at radius 1 is 0.354 bits per heavy atom. The summed E-state index contributed by atoms with van der Waals surface area (Å²) >= 11 is 3.29. The average Bonchev–Trinajstić information content (AvgIpc) is 1.66. The molecule has 3 amide bonds. The first kappa shape index (κ1) is 77.6. The molecular formula is C111H120F12N12O6S3. The summed E-state index contributed by atoms with van der Waals surface area (Å²) in [5.41, 5.74) is -0.417. The summed E-state index contributed by atoms with van der Waals surface area (Å²) < 4.78 is 400. The number of hydrogen-bond acceptors (Lipinski definition) is 15. The van der Waals surface area contributed by atoms with Crippen LogP contribution in [0.1, 0.15) is 198 Å². The molecule has 3 heterocycles. The zero-order chi connectivity index (χ0) is 127. The van der Waals surface area contributed by atoms with Crippen molar-refractivity contribution in [1.29, 1.82) is 0 Å². The Hall–Kier alpha value is -11.9. The highest BCUT2D eigenvalue weighted by Crippen LogP contribution is 2.39. The van der Waals surface area contributed by atoms with Gasteiger partial charge in [-0.25, -0.2) is 13.2 Å². The zero-order valence-electron chi connectivity index (χ0n) is 107. The normalized spacial score (nSPS) is 16.5. The maximum absolute atomic E-state index is 14.7. The molecule has 0 aliphatic heterocycles. The molecule has 0 atom stereocenters. The highest BCUT2D eigenvalue weighted by atomic mass is 32.2. The molecule has 3 aromatic heterocycles. The van der Waals surface area contributed by atoms with Crippen molar-refractivity contribution in [1.82, 2.24) is 58.1 Å². The standard InChI is InChI=1S/3C37H40F4N4O2S/c3*1-4-43(5-2)19-20-44(22-27-11-18-31(25(3)21-27)28-12-14-29(15-13-28)37(39,40)41)34(46)23-45-33-8-6-7-32(33)35(47)42-36(45)48-24-26-9-16-30(38)17-10-26/h3*9-18,21H,4-8,19-20,22-24H2,1-3H3/i4D2,5D2,11D,18D,19D2,20D2,21D;4D2,5D2,11D,18D,21D,22D2;4D2,5D2,11D,18D,21D. The monoisotopic (exact) mass is 2070 g/mol. The van der Waals surface area contributed by atoms with Gasteiger partial charge >= 0.3 is 18.5 Å². The van der Waals surface area contributed by atoms with Crippen molar-refractivity contribution in [3.05, 3.63) is 349 Å². The number of carbonyl (C=O) groups excluding carboxylic acids is 3. The van der Waals surface area contributed by atoms with Crippen LogP contribution in [-0.4, -0.2) is 154 Å². The van der Waals surface area contributed by atoms with Crippen LogP contribution in [-0.2, 0) is 128 Å². The second-order valence-corrected chi connectivity index (χ2v) is 36.1. The maximum Gasteiger partial charge on any atom is 0.416 e. The van der Waals surface area contributed by atoms with Gasteiger partial charge in [-0.3, -0.25) is 28.8 Å². The minimum Gasteiger partial charge on any atom is -0.336 e. The van der Waals surface area contributed by atoms with E-state index in [0.717, 1.165) is 127 Å². The Kier molecular flexibility index (Phi) is 27.1. The van der Waals surface area contributed by atoms with Crippen LogP contribution in [0.15, 0.2) is 230 Å². The van der Waals surface area contributed by atoms with Crippen molar-refractivity contribution in [3.8, 4) is 33.4 Å². The number of nitrogens with zero attached hydrogens (tertiary/aromatic N) is 12. The lowest BCUT2D eigenvalue weighted by Crippen LogP contribution is -2.40. The highest BCUT2D eigenvalue weighted by molar-refractivity contribution is 7.98. The molecule has 12 aromatic rings. The van der Waals surface area contributed by atoms with Crippen molar-refractivity contribution in [2.75, 3.05) is 78.2 Å². The van der Waals surface area contributed by atoms with E-state index < -0.39 is 238 Å². The number of likely N-dealkylation sites (N-methyl/N-ethyl adjacent to an activating group) is 3. The Balaban J connectivity index is 0.000000210. The molecule has 0 N–H and O–H groups in total. The third kappa shape index (κ3) is 29.1. The van der Waals surface area contributed by atoms with Gasteiger partial charge in [-0.1, -0.05) is 204 Å². The van der Waals surface area contributed by atoms with Crippen molar-refractivity contribution in [3.63, 3.8) is 0 Å². The Bertz CT molecular complexity index is 7990.